The van der Waals surface area contributed by atoms with Crippen molar-refractivity contribution >= 4 is 16.7 Å². The van der Waals surface area contributed by atoms with Gasteiger partial charge in [-0.25, -0.2) is 0 Å². The summed E-state index contributed by atoms with van der Waals surface area (Å²) in [6.07, 6.45) is 2.32. The second-order valence-corrected chi connectivity index (χ2v) is 5.94. The zero-order valence-electron chi connectivity index (χ0n) is 10.9. The molecule has 2 unspecified atom stereocenters. The molecule has 0 heterocycles. The Kier molecular flexibility index (Phi) is 5.34. The normalized spacial score (nSPS) is 13.9. The molecular formula is C13H19NO3S. The average molecular weight is 269 g/mol. The Bertz CT molecular complexity index is 460. The van der Waals surface area contributed by atoms with Gasteiger partial charge in [-0.1, -0.05) is 6.07 Å². The molecule has 5 heteroatoms. The van der Waals surface area contributed by atoms with Crippen LogP contribution < -0.4 is 5.32 Å². The van der Waals surface area contributed by atoms with Crippen molar-refractivity contribution in [2.75, 3.05) is 12.0 Å². The first-order valence-corrected chi connectivity index (χ1v) is 7.54. The fraction of sp³-hybridized carbons (Fsp3) is 0.462. The van der Waals surface area contributed by atoms with E-state index in [1.165, 1.54) is 0 Å². The van der Waals surface area contributed by atoms with E-state index in [4.69, 9.17) is 0 Å². The van der Waals surface area contributed by atoms with Gasteiger partial charge in [0, 0.05) is 40.0 Å². The molecule has 2 N–H and O–H groups in total. The number of rotatable bonds is 5. The summed E-state index contributed by atoms with van der Waals surface area (Å²) < 4.78 is 11.0. The Morgan fingerprint density at radius 3 is 2.78 bits per heavy atom. The van der Waals surface area contributed by atoms with E-state index >= 15 is 0 Å². The summed E-state index contributed by atoms with van der Waals surface area (Å²) in [6, 6.07) is 4.83. The molecule has 0 aliphatic carbocycles. The molecule has 1 aromatic carbocycles. The third kappa shape index (κ3) is 4.14. The molecule has 1 aromatic rings. The standard InChI is InChI=1S/C13H19NO3S/c1-9(7-8-18(3)17)14-13(16)11-5-4-6-12(15)10(11)2/h4-6,9,15H,7-8H2,1-3H3,(H,14,16). The minimum absolute atomic E-state index is 0.0388. The first-order chi connectivity index (χ1) is 8.41. The predicted octanol–water partition coefficient (Wildman–Crippen LogP) is 1.59. The summed E-state index contributed by atoms with van der Waals surface area (Å²) in [5, 5.41) is 12.4. The number of carbonyl (C=O) groups excluding carboxylic acids is 1. The van der Waals surface area contributed by atoms with E-state index in [1.54, 1.807) is 31.4 Å². The number of amides is 1. The molecule has 100 valence electrons. The van der Waals surface area contributed by atoms with Crippen molar-refractivity contribution in [1.29, 1.82) is 0 Å². The Morgan fingerprint density at radius 1 is 1.50 bits per heavy atom. The number of nitrogens with one attached hydrogen (secondary N) is 1. The summed E-state index contributed by atoms with van der Waals surface area (Å²) in [5.74, 6) is 0.475. The van der Waals surface area contributed by atoms with E-state index in [0.29, 0.717) is 23.3 Å². The van der Waals surface area contributed by atoms with Gasteiger partial charge in [-0.3, -0.25) is 9.00 Å². The van der Waals surface area contributed by atoms with Gasteiger partial charge in [-0.05, 0) is 32.4 Å². The monoisotopic (exact) mass is 269 g/mol. The maximum atomic E-state index is 12.0. The van der Waals surface area contributed by atoms with Crippen LogP contribution >= 0.6 is 0 Å². The molecule has 1 rings (SSSR count). The second-order valence-electron chi connectivity index (χ2n) is 4.39. The molecule has 0 radical (unpaired) electrons. The highest BCUT2D eigenvalue weighted by Gasteiger charge is 2.13. The fourth-order valence-electron chi connectivity index (χ4n) is 1.59. The number of carbonyl (C=O) groups is 1. The third-order valence-corrected chi connectivity index (χ3v) is 3.58. The van der Waals surface area contributed by atoms with Crippen molar-refractivity contribution in [2.45, 2.75) is 26.3 Å². The molecular weight excluding hydrogens is 250 g/mol. The third-order valence-electron chi connectivity index (χ3n) is 2.77. The van der Waals surface area contributed by atoms with Gasteiger partial charge in [-0.2, -0.15) is 0 Å². The zero-order valence-corrected chi connectivity index (χ0v) is 11.7. The van der Waals surface area contributed by atoms with E-state index in [9.17, 15) is 14.1 Å². The Labute approximate surface area is 110 Å². The number of hydrogen-bond acceptors (Lipinski definition) is 3. The van der Waals surface area contributed by atoms with Crippen LogP contribution in [0.2, 0.25) is 0 Å². The van der Waals surface area contributed by atoms with E-state index in [0.717, 1.165) is 0 Å². The van der Waals surface area contributed by atoms with Gasteiger partial charge in [0.2, 0.25) is 0 Å². The summed E-state index contributed by atoms with van der Waals surface area (Å²) in [5.41, 5.74) is 1.04. The highest BCUT2D eigenvalue weighted by molar-refractivity contribution is 7.84. The predicted molar refractivity (Wildman–Crippen MR) is 73.3 cm³/mol. The van der Waals surface area contributed by atoms with Crippen LogP contribution in [0.4, 0.5) is 0 Å². The molecule has 2 atom stereocenters. The maximum absolute atomic E-state index is 12.0. The SMILES string of the molecule is Cc1c(O)cccc1C(=O)NC(C)CCS(C)=O. The first kappa shape index (κ1) is 14.7. The van der Waals surface area contributed by atoms with Crippen LogP contribution in [-0.2, 0) is 10.8 Å². The lowest BCUT2D eigenvalue weighted by Crippen LogP contribution is -2.33. The summed E-state index contributed by atoms with van der Waals surface area (Å²) in [7, 11) is -0.845. The molecule has 0 bridgehead atoms. The Hall–Kier alpha value is -1.36. The van der Waals surface area contributed by atoms with E-state index in [1.807, 2.05) is 6.92 Å². The smallest absolute Gasteiger partial charge is 0.251 e. The highest BCUT2D eigenvalue weighted by Crippen LogP contribution is 2.19. The van der Waals surface area contributed by atoms with Gasteiger partial charge in [0.1, 0.15) is 5.75 Å². The molecule has 4 nitrogen and oxygen atoms in total. The summed E-state index contributed by atoms with van der Waals surface area (Å²) >= 11 is 0. The van der Waals surface area contributed by atoms with Crippen LogP contribution in [0.15, 0.2) is 18.2 Å². The zero-order chi connectivity index (χ0) is 13.7. The van der Waals surface area contributed by atoms with Crippen LogP contribution in [0.5, 0.6) is 5.75 Å². The first-order valence-electron chi connectivity index (χ1n) is 5.81. The Balaban J connectivity index is 2.65. The van der Waals surface area contributed by atoms with Crippen molar-refractivity contribution in [3.8, 4) is 5.75 Å². The van der Waals surface area contributed by atoms with Gasteiger partial charge in [0.25, 0.3) is 5.91 Å². The molecule has 0 fully saturated rings. The lowest BCUT2D eigenvalue weighted by atomic mass is 10.1. The Morgan fingerprint density at radius 2 is 2.17 bits per heavy atom. The van der Waals surface area contributed by atoms with Gasteiger partial charge < -0.3 is 10.4 Å². The van der Waals surface area contributed by atoms with E-state index < -0.39 is 10.8 Å². The minimum Gasteiger partial charge on any atom is -0.508 e. The van der Waals surface area contributed by atoms with Crippen molar-refractivity contribution in [3.05, 3.63) is 29.3 Å². The van der Waals surface area contributed by atoms with Crippen molar-refractivity contribution < 1.29 is 14.1 Å². The minimum atomic E-state index is -0.845. The lowest BCUT2D eigenvalue weighted by Gasteiger charge is -2.14. The number of hydrogen-bond donors (Lipinski definition) is 2. The molecule has 0 saturated carbocycles. The maximum Gasteiger partial charge on any atom is 0.251 e. The van der Waals surface area contributed by atoms with Crippen LogP contribution in [0.25, 0.3) is 0 Å². The van der Waals surface area contributed by atoms with Gasteiger partial charge in [-0.15, -0.1) is 0 Å². The van der Waals surface area contributed by atoms with E-state index in [2.05, 4.69) is 5.32 Å². The fourth-order valence-corrected chi connectivity index (χ4v) is 2.27. The lowest BCUT2D eigenvalue weighted by molar-refractivity contribution is 0.0938. The average Bonchev–Trinajstić information content (AvgIpc) is 2.30. The van der Waals surface area contributed by atoms with Gasteiger partial charge in [0.05, 0.1) is 0 Å². The van der Waals surface area contributed by atoms with E-state index in [-0.39, 0.29) is 17.7 Å². The van der Waals surface area contributed by atoms with Crippen LogP contribution in [-0.4, -0.2) is 33.3 Å². The highest BCUT2D eigenvalue weighted by atomic mass is 32.2. The number of aromatic hydroxyl groups is 1. The second kappa shape index (κ2) is 6.54. The van der Waals surface area contributed by atoms with Crippen molar-refractivity contribution in [1.82, 2.24) is 5.32 Å². The quantitative estimate of drug-likeness (QED) is 0.853. The van der Waals surface area contributed by atoms with Gasteiger partial charge in [0.15, 0.2) is 0 Å². The van der Waals surface area contributed by atoms with Crippen molar-refractivity contribution in [3.63, 3.8) is 0 Å². The van der Waals surface area contributed by atoms with Gasteiger partial charge >= 0.3 is 0 Å². The number of phenolic OH excluding ortho intramolecular Hbond substituents is 1. The van der Waals surface area contributed by atoms with Crippen LogP contribution in [0.3, 0.4) is 0 Å². The molecule has 0 spiro atoms. The van der Waals surface area contributed by atoms with Crippen LogP contribution in [0.1, 0.15) is 29.3 Å². The number of phenols is 1. The summed E-state index contributed by atoms with van der Waals surface area (Å²) in [6.45, 7) is 3.58. The largest absolute Gasteiger partial charge is 0.508 e. The number of benzene rings is 1. The topological polar surface area (TPSA) is 66.4 Å². The van der Waals surface area contributed by atoms with Crippen LogP contribution in [0, 0.1) is 6.92 Å². The molecule has 0 aliphatic heterocycles. The molecule has 0 saturated heterocycles. The van der Waals surface area contributed by atoms with Crippen molar-refractivity contribution in [2.24, 2.45) is 0 Å². The molecule has 1 amide bonds. The molecule has 0 aliphatic rings. The molecule has 18 heavy (non-hydrogen) atoms. The molecule has 0 aromatic heterocycles. The summed E-state index contributed by atoms with van der Waals surface area (Å²) in [4.78, 5) is 12.0.